The Morgan fingerprint density at radius 3 is 1.24 bits per heavy atom. The number of hydrogen-bond donors (Lipinski definition) is 0. The first-order valence-corrected chi connectivity index (χ1v) is 28.4. The molecule has 0 bridgehead atoms. The number of amides is 1. The van der Waals surface area contributed by atoms with Gasteiger partial charge in [0.2, 0.25) is 0 Å². The van der Waals surface area contributed by atoms with Crippen LogP contribution in [0.3, 0.4) is 0 Å². The molecule has 0 N–H and O–H groups in total. The van der Waals surface area contributed by atoms with E-state index >= 15 is 0 Å². The van der Waals surface area contributed by atoms with Crippen molar-refractivity contribution < 1.29 is 61.9 Å². The van der Waals surface area contributed by atoms with Crippen LogP contribution in [-0.4, -0.2) is 112 Å². The predicted molar refractivity (Wildman–Crippen MR) is 280 cm³/mol. The molecule has 1 amide bonds. The summed E-state index contributed by atoms with van der Waals surface area (Å²) in [6.45, 7) is 10.7. The molecule has 71 heavy (non-hydrogen) atoms. The summed E-state index contributed by atoms with van der Waals surface area (Å²) in [4.78, 5) is 80.0. The van der Waals surface area contributed by atoms with E-state index in [4.69, 9.17) is 40.6 Å². The van der Waals surface area contributed by atoms with Gasteiger partial charge in [-0.25, -0.2) is 0 Å². The Hall–Kier alpha value is -3.65. The summed E-state index contributed by atoms with van der Waals surface area (Å²) >= 11 is 0. The fourth-order valence-corrected chi connectivity index (χ4v) is 8.58. The molecular formula is C56H99BNO13. The normalized spacial score (nSPS) is 15.1. The second kappa shape index (κ2) is 45.0. The van der Waals surface area contributed by atoms with Crippen LogP contribution in [0.1, 0.15) is 247 Å². The maximum absolute atomic E-state index is 13.5. The molecule has 0 spiro atoms. The maximum atomic E-state index is 13.5. The third-order valence-corrected chi connectivity index (χ3v) is 13.0. The van der Waals surface area contributed by atoms with Gasteiger partial charge >= 0.3 is 235 Å². The average Bonchev–Trinajstić information content (AvgIpc) is 3.77. The van der Waals surface area contributed by atoms with Crippen LogP contribution in [0, 0.1) is 11.8 Å². The van der Waals surface area contributed by atoms with E-state index in [1.807, 2.05) is 6.92 Å². The van der Waals surface area contributed by atoms with Gasteiger partial charge in [-0.05, 0) is 19.3 Å². The third-order valence-electron chi connectivity index (χ3n) is 13.0. The molecule has 14 nitrogen and oxygen atoms in total. The van der Waals surface area contributed by atoms with Crippen LogP contribution in [0.15, 0.2) is 0 Å². The molecule has 409 valence electrons. The Balaban J connectivity index is 2.92. The van der Waals surface area contributed by atoms with Gasteiger partial charge in [0.25, 0.3) is 0 Å². The van der Waals surface area contributed by atoms with E-state index in [0.29, 0.717) is 50.8 Å². The van der Waals surface area contributed by atoms with E-state index in [0.717, 1.165) is 109 Å². The Kier molecular flexibility index (Phi) is 41.4. The molecule has 4 unspecified atom stereocenters. The van der Waals surface area contributed by atoms with Crippen molar-refractivity contribution in [1.29, 1.82) is 0 Å². The molecular weight excluding hydrogens is 905 g/mol. The van der Waals surface area contributed by atoms with Gasteiger partial charge < -0.3 is 14.2 Å². The van der Waals surface area contributed by atoms with Crippen LogP contribution in [0.25, 0.3) is 0 Å². The Morgan fingerprint density at radius 2 is 0.775 bits per heavy atom. The van der Waals surface area contributed by atoms with Crippen LogP contribution < -0.4 is 0 Å². The summed E-state index contributed by atoms with van der Waals surface area (Å²) in [6.07, 6.45) is 27.1. The smallest absolute Gasteiger partial charge is 0.0621 e. The molecule has 0 aliphatic carbocycles. The Morgan fingerprint density at radius 1 is 0.394 bits per heavy atom. The Labute approximate surface area is 431 Å². The van der Waals surface area contributed by atoms with Crippen molar-refractivity contribution in [2.24, 2.45) is 11.8 Å². The minimum absolute atomic E-state index is 0.0245. The summed E-state index contributed by atoms with van der Waals surface area (Å²) in [5, 5.41) is 0. The summed E-state index contributed by atoms with van der Waals surface area (Å²) in [7, 11) is 6.23. The SMILES string of the molecule is [B]=C(CCCCCCCC)OCC(COC(=O)CCCCCCCC)CC(=O)OCC1CCC(COC(=O)CC(COC(=O)CCCCCCCC)CC(=O)OCCCCCCCC)N1C(=O)OCCC. The average molecular weight is 1010 g/mol. The molecule has 1 fully saturated rings. The molecule has 1 radical (unpaired) electrons. The van der Waals surface area contributed by atoms with Crippen molar-refractivity contribution in [3.8, 4) is 0 Å². The number of carbonyl (C=O) groups excluding carboxylic acids is 6. The van der Waals surface area contributed by atoms with Gasteiger partial charge in [-0.3, -0.25) is 14.4 Å². The van der Waals surface area contributed by atoms with Gasteiger partial charge in [0.1, 0.15) is 0 Å². The monoisotopic (exact) mass is 1000 g/mol. The van der Waals surface area contributed by atoms with Crippen molar-refractivity contribution in [3.63, 3.8) is 0 Å². The van der Waals surface area contributed by atoms with Crippen LogP contribution >= 0.6 is 0 Å². The predicted octanol–water partition coefficient (Wildman–Crippen LogP) is 12.4. The van der Waals surface area contributed by atoms with Crippen molar-refractivity contribution in [2.75, 3.05) is 46.2 Å². The summed E-state index contributed by atoms with van der Waals surface area (Å²) in [6, 6.07) is -1.10. The van der Waals surface area contributed by atoms with E-state index in [2.05, 4.69) is 27.7 Å². The van der Waals surface area contributed by atoms with E-state index in [9.17, 15) is 28.8 Å². The molecule has 1 aliphatic rings. The van der Waals surface area contributed by atoms with Crippen molar-refractivity contribution >= 4 is 49.1 Å². The summed E-state index contributed by atoms with van der Waals surface area (Å²) < 4.78 is 39.6. The standard InChI is InChI=1S/C56H99BNO13/c1-6-11-15-19-23-27-31-50(57)67-42-47(43-69-52(60)33-29-25-21-17-13-8-3)40-55(63)71-45-49-35-34-48(58(49)56(64)66-36-10-5)44-70-54(62)39-46(38-53(61)65-37-30-26-22-18-14-9-4)41-68-51(59)32-28-24-20-16-12-7-2/h46-49H,6-45H2,1-5H3. The number of ether oxygens (including phenoxy) is 7. The number of esters is 5. The molecule has 0 aromatic rings. The number of hydrogen-bond acceptors (Lipinski definition) is 13. The van der Waals surface area contributed by atoms with Gasteiger partial charge in [-0.1, -0.05) is 105 Å². The molecule has 15 heteroatoms. The van der Waals surface area contributed by atoms with Gasteiger partial charge in [0.05, 0.1) is 32.7 Å². The van der Waals surface area contributed by atoms with Crippen molar-refractivity contribution in [3.05, 3.63) is 0 Å². The number of rotatable bonds is 47. The van der Waals surface area contributed by atoms with Crippen LogP contribution in [0.5, 0.6) is 0 Å². The zero-order chi connectivity index (χ0) is 52.2. The van der Waals surface area contributed by atoms with Crippen molar-refractivity contribution in [2.45, 2.75) is 259 Å². The zero-order valence-corrected chi connectivity index (χ0v) is 45.4. The third kappa shape index (κ3) is 36.0. The van der Waals surface area contributed by atoms with E-state index in [1.165, 1.54) is 43.4 Å². The van der Waals surface area contributed by atoms with Gasteiger partial charge in [-0.2, -0.15) is 0 Å². The first-order chi connectivity index (χ1) is 34.5. The molecule has 0 aromatic heterocycles. The molecule has 0 saturated carbocycles. The van der Waals surface area contributed by atoms with E-state index in [-0.39, 0.29) is 77.3 Å². The number of unbranched alkanes of at least 4 members (excludes halogenated alkanes) is 20. The number of carbonyl (C=O) groups is 6. The number of likely N-dealkylation sites (tertiary alicyclic amines) is 1. The quantitative estimate of drug-likeness (QED) is 0.0244. The second-order valence-electron chi connectivity index (χ2n) is 19.8. The molecule has 1 saturated heterocycles. The zero-order valence-electron chi connectivity index (χ0n) is 45.4. The molecule has 1 aliphatic heterocycles. The van der Waals surface area contributed by atoms with Crippen LogP contribution in [0.2, 0.25) is 0 Å². The molecule has 1 rings (SSSR count). The topological polar surface area (TPSA) is 170 Å². The van der Waals surface area contributed by atoms with Gasteiger partial charge in [-0.15, -0.1) is 0 Å². The van der Waals surface area contributed by atoms with Gasteiger partial charge in [0, 0.05) is 12.3 Å². The summed E-state index contributed by atoms with van der Waals surface area (Å²) in [5.74, 6) is -3.45. The molecule has 1 heterocycles. The molecule has 0 aromatic carbocycles. The van der Waals surface area contributed by atoms with Crippen molar-refractivity contribution in [1.82, 2.24) is 4.90 Å². The van der Waals surface area contributed by atoms with Gasteiger partial charge in [0.15, 0.2) is 0 Å². The van der Waals surface area contributed by atoms with Crippen LogP contribution in [0.4, 0.5) is 4.79 Å². The minimum Gasteiger partial charge on any atom is -0.0621 e. The fourth-order valence-electron chi connectivity index (χ4n) is 8.58. The number of nitrogens with zero attached hydrogens (tertiary/aromatic N) is 1. The summed E-state index contributed by atoms with van der Waals surface area (Å²) in [5.41, 5.74) is 0.385. The molecule has 4 atom stereocenters. The second-order valence-corrected chi connectivity index (χ2v) is 19.8. The minimum atomic E-state index is -0.651. The van der Waals surface area contributed by atoms with E-state index in [1.54, 1.807) is 0 Å². The fraction of sp³-hybridized carbons (Fsp3) is 0.875. The Bertz CT molecular complexity index is 1400. The van der Waals surface area contributed by atoms with E-state index < -0.39 is 47.9 Å². The van der Waals surface area contributed by atoms with Crippen LogP contribution in [-0.2, 0) is 57.1 Å². The first-order valence-electron chi connectivity index (χ1n) is 28.4. The first kappa shape index (κ1) is 65.4.